The number of halogens is 1. The highest BCUT2D eigenvalue weighted by atomic mass is 35.5. The van der Waals surface area contributed by atoms with Crippen LogP contribution < -0.4 is 0 Å². The van der Waals surface area contributed by atoms with Gasteiger partial charge >= 0.3 is 0 Å². The molecule has 1 saturated heterocycles. The molecule has 1 unspecified atom stereocenters. The van der Waals surface area contributed by atoms with Crippen LogP contribution in [0.25, 0.3) is 0 Å². The van der Waals surface area contributed by atoms with Crippen LogP contribution in [0.15, 0.2) is 12.3 Å². The zero-order chi connectivity index (χ0) is 13.3. The normalized spacial score (nSPS) is 19.0. The number of nitrogens with zero attached hydrogens (tertiary/aromatic N) is 3. The van der Waals surface area contributed by atoms with Gasteiger partial charge in [-0.2, -0.15) is 0 Å². The molecule has 96 valence electrons. The molecule has 1 fully saturated rings. The lowest BCUT2D eigenvalue weighted by Gasteiger charge is -2.21. The molecular weight excluding hydrogens is 258 g/mol. The lowest BCUT2D eigenvalue weighted by molar-refractivity contribution is -0.385. The summed E-state index contributed by atoms with van der Waals surface area (Å²) in [6.45, 7) is 2.55. The van der Waals surface area contributed by atoms with Crippen LogP contribution in [0.1, 0.15) is 30.1 Å². The van der Waals surface area contributed by atoms with Crippen LogP contribution in [-0.4, -0.2) is 33.3 Å². The van der Waals surface area contributed by atoms with Crippen molar-refractivity contribution >= 4 is 23.2 Å². The molecule has 1 aliphatic rings. The fraction of sp³-hybridized carbons (Fsp3) is 0.455. The maximum absolute atomic E-state index is 12.3. The summed E-state index contributed by atoms with van der Waals surface area (Å²) in [5.74, 6) is -0.351. The molecule has 1 atom stereocenters. The van der Waals surface area contributed by atoms with E-state index >= 15 is 0 Å². The van der Waals surface area contributed by atoms with Crippen molar-refractivity contribution in [2.75, 3.05) is 6.54 Å². The summed E-state index contributed by atoms with van der Waals surface area (Å²) < 4.78 is 0. The van der Waals surface area contributed by atoms with Crippen LogP contribution in [0.4, 0.5) is 5.69 Å². The van der Waals surface area contributed by atoms with Gasteiger partial charge in [0.1, 0.15) is 16.9 Å². The Morgan fingerprint density at radius 2 is 2.39 bits per heavy atom. The molecule has 7 heteroatoms. The van der Waals surface area contributed by atoms with E-state index in [0.29, 0.717) is 6.54 Å². The fourth-order valence-corrected chi connectivity index (χ4v) is 2.29. The van der Waals surface area contributed by atoms with Gasteiger partial charge in [-0.25, -0.2) is 4.98 Å². The molecule has 0 radical (unpaired) electrons. The Labute approximate surface area is 109 Å². The van der Waals surface area contributed by atoms with Crippen molar-refractivity contribution in [2.24, 2.45) is 0 Å². The molecule has 1 aliphatic heterocycles. The monoisotopic (exact) mass is 269 g/mol. The molecule has 18 heavy (non-hydrogen) atoms. The van der Waals surface area contributed by atoms with Crippen LogP contribution >= 0.6 is 11.6 Å². The quantitative estimate of drug-likeness (QED) is 0.469. The van der Waals surface area contributed by atoms with Crippen molar-refractivity contribution in [3.63, 3.8) is 0 Å². The minimum atomic E-state index is -0.614. The molecule has 2 rings (SSSR count). The fourth-order valence-electron chi connectivity index (χ4n) is 2.13. The standard InChI is InChI=1S/C11H12ClN3O3/c1-7-3-2-4-14(7)11(16)8-5-10(12)13-6-9(8)15(17)18/h5-7H,2-4H2,1H3. The van der Waals surface area contributed by atoms with E-state index < -0.39 is 4.92 Å². The Morgan fingerprint density at radius 3 is 2.94 bits per heavy atom. The van der Waals surface area contributed by atoms with Gasteiger partial charge in [-0.15, -0.1) is 0 Å². The van der Waals surface area contributed by atoms with E-state index in [2.05, 4.69) is 4.98 Å². The molecule has 1 aromatic heterocycles. The third kappa shape index (κ3) is 2.28. The van der Waals surface area contributed by atoms with Gasteiger partial charge in [0.2, 0.25) is 0 Å². The molecule has 1 aromatic rings. The van der Waals surface area contributed by atoms with Crippen LogP contribution in [0, 0.1) is 10.1 Å². The average Bonchev–Trinajstić information content (AvgIpc) is 2.74. The number of amides is 1. The first-order valence-corrected chi connectivity index (χ1v) is 5.99. The SMILES string of the molecule is CC1CCCN1C(=O)c1cc(Cl)ncc1[N+](=O)[O-]. The molecule has 0 aliphatic carbocycles. The Morgan fingerprint density at radius 1 is 1.67 bits per heavy atom. The molecular formula is C11H12ClN3O3. The lowest BCUT2D eigenvalue weighted by atomic mass is 10.2. The lowest BCUT2D eigenvalue weighted by Crippen LogP contribution is -2.34. The highest BCUT2D eigenvalue weighted by molar-refractivity contribution is 6.29. The van der Waals surface area contributed by atoms with E-state index in [9.17, 15) is 14.9 Å². The number of carbonyl (C=O) groups is 1. The molecule has 0 N–H and O–H groups in total. The number of likely N-dealkylation sites (tertiary alicyclic amines) is 1. The predicted molar refractivity (Wildman–Crippen MR) is 65.6 cm³/mol. The van der Waals surface area contributed by atoms with Crippen molar-refractivity contribution in [3.8, 4) is 0 Å². The Kier molecular flexibility index (Phi) is 3.47. The van der Waals surface area contributed by atoms with Gasteiger partial charge in [-0.1, -0.05) is 11.6 Å². The highest BCUT2D eigenvalue weighted by Crippen LogP contribution is 2.25. The first-order chi connectivity index (χ1) is 8.50. The van der Waals surface area contributed by atoms with Crippen molar-refractivity contribution in [2.45, 2.75) is 25.8 Å². The molecule has 0 saturated carbocycles. The summed E-state index contributed by atoms with van der Waals surface area (Å²) in [4.78, 5) is 27.8. The van der Waals surface area contributed by atoms with Gasteiger partial charge in [0, 0.05) is 12.6 Å². The van der Waals surface area contributed by atoms with E-state index in [-0.39, 0.29) is 28.4 Å². The average molecular weight is 270 g/mol. The maximum atomic E-state index is 12.3. The van der Waals surface area contributed by atoms with Crippen LogP contribution in [-0.2, 0) is 0 Å². The molecule has 0 bridgehead atoms. The number of rotatable bonds is 2. The molecule has 1 amide bonds. The number of nitro groups is 1. The van der Waals surface area contributed by atoms with E-state index in [1.807, 2.05) is 6.92 Å². The number of hydrogen-bond acceptors (Lipinski definition) is 4. The zero-order valence-corrected chi connectivity index (χ0v) is 10.6. The Bertz CT molecular complexity index is 506. The van der Waals surface area contributed by atoms with E-state index in [1.165, 1.54) is 6.07 Å². The van der Waals surface area contributed by atoms with Crippen LogP contribution in [0.3, 0.4) is 0 Å². The van der Waals surface area contributed by atoms with E-state index in [0.717, 1.165) is 19.0 Å². The number of hydrogen-bond donors (Lipinski definition) is 0. The van der Waals surface area contributed by atoms with Gasteiger partial charge in [-0.05, 0) is 25.8 Å². The van der Waals surface area contributed by atoms with Crippen molar-refractivity contribution in [3.05, 3.63) is 33.1 Å². The molecule has 2 heterocycles. The molecule has 0 aromatic carbocycles. The Balaban J connectivity index is 2.40. The number of pyridine rings is 1. The van der Waals surface area contributed by atoms with Gasteiger partial charge < -0.3 is 4.90 Å². The van der Waals surface area contributed by atoms with E-state index in [4.69, 9.17) is 11.6 Å². The Hall–Kier alpha value is -1.69. The van der Waals surface area contributed by atoms with Crippen LogP contribution in [0.2, 0.25) is 5.15 Å². The summed E-state index contributed by atoms with van der Waals surface area (Å²) >= 11 is 5.70. The third-order valence-corrected chi connectivity index (χ3v) is 3.30. The van der Waals surface area contributed by atoms with Gasteiger partial charge in [-0.3, -0.25) is 14.9 Å². The first kappa shape index (κ1) is 12.8. The van der Waals surface area contributed by atoms with Crippen molar-refractivity contribution in [1.29, 1.82) is 0 Å². The molecule has 0 spiro atoms. The minimum Gasteiger partial charge on any atom is -0.336 e. The molecule has 6 nitrogen and oxygen atoms in total. The van der Waals surface area contributed by atoms with Gasteiger partial charge in [0.15, 0.2) is 0 Å². The number of carbonyl (C=O) groups excluding carboxylic acids is 1. The smallest absolute Gasteiger partial charge is 0.300 e. The summed E-state index contributed by atoms with van der Waals surface area (Å²) in [6, 6.07) is 1.36. The largest absolute Gasteiger partial charge is 0.336 e. The first-order valence-electron chi connectivity index (χ1n) is 5.61. The summed E-state index contributed by atoms with van der Waals surface area (Å²) in [7, 11) is 0. The predicted octanol–water partition coefficient (Wildman–Crippen LogP) is 2.27. The zero-order valence-electron chi connectivity index (χ0n) is 9.80. The van der Waals surface area contributed by atoms with Crippen LogP contribution in [0.5, 0.6) is 0 Å². The topological polar surface area (TPSA) is 76.3 Å². The second-order valence-corrected chi connectivity index (χ2v) is 4.66. The van der Waals surface area contributed by atoms with Gasteiger partial charge in [0.05, 0.1) is 4.92 Å². The third-order valence-electron chi connectivity index (χ3n) is 3.09. The second-order valence-electron chi connectivity index (χ2n) is 4.27. The highest BCUT2D eigenvalue weighted by Gasteiger charge is 2.30. The van der Waals surface area contributed by atoms with Gasteiger partial charge in [0.25, 0.3) is 11.6 Å². The maximum Gasteiger partial charge on any atom is 0.300 e. The second kappa shape index (κ2) is 4.89. The summed E-state index contributed by atoms with van der Waals surface area (Å²) in [5.41, 5.74) is -0.294. The van der Waals surface area contributed by atoms with Crippen molar-refractivity contribution in [1.82, 2.24) is 9.88 Å². The van der Waals surface area contributed by atoms with E-state index in [1.54, 1.807) is 4.90 Å². The number of aromatic nitrogens is 1. The minimum absolute atomic E-state index is 0.00810. The van der Waals surface area contributed by atoms with Crippen molar-refractivity contribution < 1.29 is 9.72 Å². The summed E-state index contributed by atoms with van der Waals surface area (Å²) in [5, 5.41) is 11.0. The summed E-state index contributed by atoms with van der Waals surface area (Å²) in [6.07, 6.45) is 2.86.